The molecule has 0 bridgehead atoms. The van der Waals surface area contributed by atoms with Crippen molar-refractivity contribution >= 4 is 44.2 Å². The number of hydrogen-bond acceptors (Lipinski definition) is 3. The lowest BCUT2D eigenvalue weighted by Crippen LogP contribution is -2.43. The summed E-state index contributed by atoms with van der Waals surface area (Å²) in [6.45, 7) is -0.865. The van der Waals surface area contributed by atoms with Gasteiger partial charge in [-0.1, -0.05) is 29.8 Å². The van der Waals surface area contributed by atoms with E-state index in [0.717, 1.165) is 6.26 Å². The molecular weight excluding hydrogens is 407 g/mol. The number of hydrogen-bond donors (Lipinski definition) is 2. The number of rotatable bonds is 7. The van der Waals surface area contributed by atoms with Crippen LogP contribution in [-0.2, 0) is 20.4 Å². The van der Waals surface area contributed by atoms with Crippen molar-refractivity contribution in [2.24, 2.45) is 0 Å². The van der Waals surface area contributed by atoms with Gasteiger partial charge in [0.25, 0.3) is 0 Å². The van der Waals surface area contributed by atoms with Gasteiger partial charge in [-0.2, -0.15) is 0 Å². The van der Waals surface area contributed by atoms with Crippen LogP contribution in [0.3, 0.4) is 0 Å². The van der Waals surface area contributed by atoms with Gasteiger partial charge in [-0.15, -0.1) is 0 Å². The topological polar surface area (TPSA) is 88.4 Å². The molecule has 1 aromatic heterocycles. The highest BCUT2D eigenvalue weighted by molar-refractivity contribution is 7.92. The number of anilines is 1. The molecule has 3 rings (SSSR count). The van der Waals surface area contributed by atoms with Gasteiger partial charge in [-0.25, -0.2) is 13.2 Å². The fraction of sp³-hybridized carbons (Fsp3) is 0.211. The van der Waals surface area contributed by atoms with Gasteiger partial charge in [-0.05, 0) is 35.9 Å². The van der Waals surface area contributed by atoms with E-state index >= 15 is 0 Å². The van der Waals surface area contributed by atoms with Crippen molar-refractivity contribution in [1.82, 2.24) is 4.57 Å². The summed E-state index contributed by atoms with van der Waals surface area (Å²) < 4.78 is 40.7. The Morgan fingerprint density at radius 2 is 1.89 bits per heavy atom. The number of nitrogens with zero attached hydrogens (tertiary/aromatic N) is 1. The second-order valence-corrected chi connectivity index (χ2v) is 8.59. The molecule has 0 aliphatic heterocycles. The van der Waals surface area contributed by atoms with Crippen LogP contribution in [0.15, 0.2) is 54.7 Å². The number of aliphatic carboxylic acids is 1. The maximum Gasteiger partial charge on any atom is 0.334 e. The molecule has 2 N–H and O–H groups in total. The van der Waals surface area contributed by atoms with Gasteiger partial charge in [-0.3, -0.25) is 9.11 Å². The van der Waals surface area contributed by atoms with Gasteiger partial charge in [0.05, 0.1) is 24.1 Å². The SMILES string of the molecule is CS(=O)(=O)Nc1cccc2c1ccn2C(CCF)(C(=O)O)c1ccc(Cl)cc1. The number of alkyl halides is 1. The van der Waals surface area contributed by atoms with Gasteiger partial charge in [0.2, 0.25) is 10.0 Å². The summed E-state index contributed by atoms with van der Waals surface area (Å²) in [6.07, 6.45) is 2.25. The average Bonchev–Trinajstić information content (AvgIpc) is 3.04. The van der Waals surface area contributed by atoms with E-state index in [1.165, 1.54) is 10.8 Å². The molecule has 0 saturated heterocycles. The zero-order chi connectivity index (χ0) is 20.5. The fourth-order valence-corrected chi connectivity index (χ4v) is 4.09. The van der Waals surface area contributed by atoms with Crippen molar-refractivity contribution in [3.8, 4) is 0 Å². The number of fused-ring (bicyclic) bond motifs is 1. The number of benzene rings is 2. The van der Waals surface area contributed by atoms with Gasteiger partial charge < -0.3 is 9.67 Å². The summed E-state index contributed by atoms with van der Waals surface area (Å²) in [5.74, 6) is -1.23. The van der Waals surface area contributed by atoms with Crippen LogP contribution in [0.4, 0.5) is 10.1 Å². The standard InChI is InChI=1S/C19H18ClFN2O4S/c1-28(26,27)22-16-3-2-4-17-15(16)9-12-23(17)19(10-11-21,18(24)25)13-5-7-14(20)8-6-13/h2-9,12,22H,10-11H2,1H3,(H,24,25). The summed E-state index contributed by atoms with van der Waals surface area (Å²) in [5, 5.41) is 11.1. The summed E-state index contributed by atoms with van der Waals surface area (Å²) in [5.41, 5.74) is -0.583. The highest BCUT2D eigenvalue weighted by Crippen LogP contribution is 2.37. The summed E-state index contributed by atoms with van der Waals surface area (Å²) in [6, 6.07) is 12.7. The van der Waals surface area contributed by atoms with E-state index in [9.17, 15) is 22.7 Å². The average molecular weight is 425 g/mol. The molecule has 6 nitrogen and oxygen atoms in total. The third kappa shape index (κ3) is 3.57. The Morgan fingerprint density at radius 1 is 1.21 bits per heavy atom. The zero-order valence-corrected chi connectivity index (χ0v) is 16.5. The lowest BCUT2D eigenvalue weighted by atomic mass is 9.86. The van der Waals surface area contributed by atoms with Gasteiger partial charge >= 0.3 is 5.97 Å². The summed E-state index contributed by atoms with van der Waals surface area (Å²) in [4.78, 5) is 12.4. The smallest absolute Gasteiger partial charge is 0.334 e. The van der Waals surface area contributed by atoms with E-state index in [2.05, 4.69) is 4.72 Å². The number of sulfonamides is 1. The molecule has 28 heavy (non-hydrogen) atoms. The van der Waals surface area contributed by atoms with Crippen LogP contribution in [0.1, 0.15) is 12.0 Å². The van der Waals surface area contributed by atoms with E-state index in [0.29, 0.717) is 27.2 Å². The molecule has 0 saturated carbocycles. The Kier molecular flexibility index (Phi) is 5.36. The van der Waals surface area contributed by atoms with Crippen molar-refractivity contribution in [3.63, 3.8) is 0 Å². The van der Waals surface area contributed by atoms with Gasteiger partial charge in [0.15, 0.2) is 5.54 Å². The minimum absolute atomic E-state index is 0.308. The number of carboxylic acid groups (broad SMARTS) is 1. The minimum atomic E-state index is -3.53. The van der Waals surface area contributed by atoms with E-state index in [1.54, 1.807) is 48.5 Å². The molecule has 0 amide bonds. The van der Waals surface area contributed by atoms with Crippen LogP contribution in [0, 0.1) is 0 Å². The maximum absolute atomic E-state index is 13.5. The summed E-state index contributed by atoms with van der Waals surface area (Å²) >= 11 is 5.93. The zero-order valence-electron chi connectivity index (χ0n) is 14.9. The summed E-state index contributed by atoms with van der Waals surface area (Å²) in [7, 11) is -3.53. The monoisotopic (exact) mass is 424 g/mol. The Bertz CT molecular complexity index is 1130. The first-order valence-corrected chi connectivity index (χ1v) is 10.6. The predicted octanol–water partition coefficient (Wildman–Crippen LogP) is 3.85. The molecule has 0 spiro atoms. The lowest BCUT2D eigenvalue weighted by molar-refractivity contribution is -0.145. The van der Waals surface area contributed by atoms with E-state index in [1.807, 2.05) is 0 Å². The van der Waals surface area contributed by atoms with Crippen molar-refractivity contribution in [1.29, 1.82) is 0 Å². The number of aromatic nitrogens is 1. The normalized spacial score (nSPS) is 14.0. The molecule has 1 atom stereocenters. The van der Waals surface area contributed by atoms with E-state index in [4.69, 9.17) is 11.6 Å². The first-order chi connectivity index (χ1) is 13.2. The van der Waals surface area contributed by atoms with Crippen LogP contribution >= 0.6 is 11.6 Å². The van der Waals surface area contributed by atoms with Gasteiger partial charge in [0.1, 0.15) is 0 Å². The van der Waals surface area contributed by atoms with Crippen LogP contribution in [-0.4, -0.2) is 37.0 Å². The molecule has 2 aromatic carbocycles. The van der Waals surface area contributed by atoms with Crippen molar-refractivity contribution in [3.05, 3.63) is 65.3 Å². The van der Waals surface area contributed by atoms with Crippen molar-refractivity contribution in [2.45, 2.75) is 12.0 Å². The molecule has 0 fully saturated rings. The number of nitrogens with one attached hydrogen (secondary N) is 1. The largest absolute Gasteiger partial charge is 0.479 e. The van der Waals surface area contributed by atoms with E-state index < -0.39 is 28.2 Å². The fourth-order valence-electron chi connectivity index (χ4n) is 3.39. The van der Waals surface area contributed by atoms with Crippen LogP contribution in [0.2, 0.25) is 5.02 Å². The van der Waals surface area contributed by atoms with Crippen LogP contribution in [0.25, 0.3) is 10.9 Å². The Labute approximate surface area is 166 Å². The highest BCUT2D eigenvalue weighted by atomic mass is 35.5. The minimum Gasteiger partial charge on any atom is -0.479 e. The van der Waals surface area contributed by atoms with Gasteiger partial charge in [0, 0.05) is 23.0 Å². The number of halogens is 2. The highest BCUT2D eigenvalue weighted by Gasteiger charge is 2.42. The molecule has 1 heterocycles. The van der Waals surface area contributed by atoms with Crippen molar-refractivity contribution in [2.75, 3.05) is 17.7 Å². The molecule has 148 valence electrons. The third-order valence-corrected chi connectivity index (χ3v) is 5.41. The molecule has 0 aliphatic rings. The second kappa shape index (κ2) is 7.44. The first kappa shape index (κ1) is 20.2. The molecule has 0 aliphatic carbocycles. The van der Waals surface area contributed by atoms with Crippen molar-refractivity contribution < 1.29 is 22.7 Å². The van der Waals surface area contributed by atoms with E-state index in [-0.39, 0.29) is 6.42 Å². The second-order valence-electron chi connectivity index (χ2n) is 6.41. The Hall–Kier alpha value is -2.58. The maximum atomic E-state index is 13.5. The Morgan fingerprint density at radius 3 is 2.46 bits per heavy atom. The lowest BCUT2D eigenvalue weighted by Gasteiger charge is -2.32. The predicted molar refractivity (Wildman–Crippen MR) is 107 cm³/mol. The molecule has 0 radical (unpaired) electrons. The molecule has 9 heteroatoms. The molecule has 3 aromatic rings. The molecular formula is C19H18ClFN2O4S. The van der Waals surface area contributed by atoms with Crippen LogP contribution < -0.4 is 4.72 Å². The number of carboxylic acids is 1. The molecule has 1 unspecified atom stereocenters. The quantitative estimate of drug-likeness (QED) is 0.602. The third-order valence-electron chi connectivity index (χ3n) is 4.57. The van der Waals surface area contributed by atoms with Crippen LogP contribution in [0.5, 0.6) is 0 Å². The number of carbonyl (C=O) groups is 1. The first-order valence-electron chi connectivity index (χ1n) is 8.33. The Balaban J connectivity index is 2.29.